The average molecular weight is 375 g/mol. The van der Waals surface area contributed by atoms with Gasteiger partial charge in [-0.1, -0.05) is 29.8 Å². The van der Waals surface area contributed by atoms with Crippen LogP contribution in [0.25, 0.3) is 0 Å². The van der Waals surface area contributed by atoms with Crippen LogP contribution in [0.3, 0.4) is 0 Å². The molecule has 1 fully saturated rings. The number of para-hydroxylation sites is 1. The molecule has 0 aliphatic carbocycles. The van der Waals surface area contributed by atoms with Crippen LogP contribution >= 0.6 is 11.6 Å². The van der Waals surface area contributed by atoms with Crippen molar-refractivity contribution in [2.75, 3.05) is 45.3 Å². The van der Waals surface area contributed by atoms with Crippen LogP contribution in [0, 0.1) is 0 Å². The lowest BCUT2D eigenvalue weighted by molar-refractivity contribution is -0.130. The fraction of sp³-hybridized carbons (Fsp3) is 0.350. The maximum absolute atomic E-state index is 12.6. The lowest BCUT2D eigenvalue weighted by Gasteiger charge is -2.36. The normalized spacial score (nSPS) is 14.3. The smallest absolute Gasteiger partial charge is 0.227 e. The second-order valence-corrected chi connectivity index (χ2v) is 6.59. The number of carbonyl (C=O) groups excluding carboxylic acids is 1. The van der Waals surface area contributed by atoms with E-state index >= 15 is 0 Å². The van der Waals surface area contributed by atoms with E-state index in [1.807, 2.05) is 47.4 Å². The molecule has 1 heterocycles. The summed E-state index contributed by atoms with van der Waals surface area (Å²) in [5.74, 6) is 1.43. The molecular weight excluding hydrogens is 352 g/mol. The number of piperazine rings is 1. The number of hydrogen-bond donors (Lipinski definition) is 0. The van der Waals surface area contributed by atoms with Crippen LogP contribution in [-0.2, 0) is 11.2 Å². The zero-order valence-corrected chi connectivity index (χ0v) is 15.8. The van der Waals surface area contributed by atoms with E-state index in [0.717, 1.165) is 29.4 Å². The highest BCUT2D eigenvalue weighted by atomic mass is 35.5. The van der Waals surface area contributed by atoms with E-state index in [1.54, 1.807) is 14.2 Å². The second-order valence-electron chi connectivity index (χ2n) is 6.19. The van der Waals surface area contributed by atoms with Crippen LogP contribution in [0.4, 0.5) is 5.69 Å². The van der Waals surface area contributed by atoms with Crippen molar-refractivity contribution in [3.05, 3.63) is 53.1 Å². The van der Waals surface area contributed by atoms with Crippen molar-refractivity contribution in [1.82, 2.24) is 4.90 Å². The van der Waals surface area contributed by atoms with Crippen LogP contribution in [0.5, 0.6) is 11.5 Å². The first-order chi connectivity index (χ1) is 12.6. The Hall–Kier alpha value is -2.40. The number of rotatable bonds is 5. The number of hydrogen-bond acceptors (Lipinski definition) is 4. The molecule has 0 aromatic heterocycles. The predicted molar refractivity (Wildman–Crippen MR) is 103 cm³/mol. The zero-order valence-electron chi connectivity index (χ0n) is 15.1. The fourth-order valence-corrected chi connectivity index (χ4v) is 3.44. The summed E-state index contributed by atoms with van der Waals surface area (Å²) in [6, 6.07) is 13.4. The molecule has 1 aliphatic heterocycles. The van der Waals surface area contributed by atoms with Crippen molar-refractivity contribution < 1.29 is 14.3 Å². The number of carbonyl (C=O) groups is 1. The largest absolute Gasteiger partial charge is 0.493 e. The number of methoxy groups -OCH3 is 2. The summed E-state index contributed by atoms with van der Waals surface area (Å²) in [4.78, 5) is 16.8. The van der Waals surface area contributed by atoms with Crippen molar-refractivity contribution in [3.8, 4) is 11.5 Å². The van der Waals surface area contributed by atoms with Crippen LogP contribution < -0.4 is 14.4 Å². The summed E-state index contributed by atoms with van der Waals surface area (Å²) >= 11 is 6.27. The number of anilines is 1. The van der Waals surface area contributed by atoms with E-state index in [-0.39, 0.29) is 5.91 Å². The van der Waals surface area contributed by atoms with Gasteiger partial charge in [0.05, 0.1) is 31.4 Å². The summed E-state index contributed by atoms with van der Waals surface area (Å²) in [5.41, 5.74) is 1.95. The molecule has 0 N–H and O–H groups in total. The molecule has 0 saturated carbocycles. The lowest BCUT2D eigenvalue weighted by Crippen LogP contribution is -2.49. The van der Waals surface area contributed by atoms with Gasteiger partial charge in [-0.15, -0.1) is 0 Å². The van der Waals surface area contributed by atoms with Crippen LogP contribution in [-0.4, -0.2) is 51.2 Å². The first-order valence-corrected chi connectivity index (χ1v) is 8.98. The van der Waals surface area contributed by atoms with Crippen LogP contribution in [0.15, 0.2) is 42.5 Å². The van der Waals surface area contributed by atoms with Gasteiger partial charge in [0, 0.05) is 26.2 Å². The Morgan fingerprint density at radius 2 is 1.69 bits per heavy atom. The first kappa shape index (κ1) is 18.4. The maximum Gasteiger partial charge on any atom is 0.227 e. The predicted octanol–water partition coefficient (Wildman–Crippen LogP) is 3.25. The van der Waals surface area contributed by atoms with E-state index in [4.69, 9.17) is 21.1 Å². The highest BCUT2D eigenvalue weighted by Gasteiger charge is 2.22. The summed E-state index contributed by atoms with van der Waals surface area (Å²) < 4.78 is 10.5. The standard InChI is InChI=1S/C20H23ClN2O3/c1-25-18-8-7-15(13-19(18)26-2)14-20(24)23-11-9-22(10-12-23)17-6-4-3-5-16(17)21/h3-8,13H,9-12,14H2,1-2H3. The van der Waals surface area contributed by atoms with E-state index in [2.05, 4.69) is 4.90 Å². The fourth-order valence-electron chi connectivity index (χ4n) is 3.18. The molecule has 6 heteroatoms. The molecular formula is C20H23ClN2O3. The third-order valence-corrected chi connectivity index (χ3v) is 4.95. The molecule has 1 amide bonds. The van der Waals surface area contributed by atoms with Gasteiger partial charge >= 0.3 is 0 Å². The SMILES string of the molecule is COc1ccc(CC(=O)N2CCN(c3ccccc3Cl)CC2)cc1OC. The molecule has 5 nitrogen and oxygen atoms in total. The Morgan fingerprint density at radius 1 is 1.00 bits per heavy atom. The number of amides is 1. The highest BCUT2D eigenvalue weighted by Crippen LogP contribution is 2.28. The molecule has 1 saturated heterocycles. The summed E-state index contributed by atoms with van der Waals surface area (Å²) in [7, 11) is 3.19. The number of nitrogens with zero attached hydrogens (tertiary/aromatic N) is 2. The van der Waals surface area contributed by atoms with Gasteiger partial charge in [-0.2, -0.15) is 0 Å². The third kappa shape index (κ3) is 4.05. The Kier molecular flexibility index (Phi) is 5.89. The average Bonchev–Trinajstić information content (AvgIpc) is 2.68. The number of ether oxygens (including phenoxy) is 2. The van der Waals surface area contributed by atoms with Gasteiger partial charge in [0.15, 0.2) is 11.5 Å². The molecule has 138 valence electrons. The molecule has 0 bridgehead atoms. The summed E-state index contributed by atoms with van der Waals surface area (Å²) in [6.45, 7) is 2.94. The van der Waals surface area contributed by atoms with E-state index in [9.17, 15) is 4.79 Å². The van der Waals surface area contributed by atoms with Crippen LogP contribution in [0.1, 0.15) is 5.56 Å². The second kappa shape index (κ2) is 8.32. The van der Waals surface area contributed by atoms with Crippen LogP contribution in [0.2, 0.25) is 5.02 Å². The zero-order chi connectivity index (χ0) is 18.5. The molecule has 0 radical (unpaired) electrons. The van der Waals surface area contributed by atoms with Crippen molar-refractivity contribution >= 4 is 23.2 Å². The molecule has 0 atom stereocenters. The monoisotopic (exact) mass is 374 g/mol. The quantitative estimate of drug-likeness (QED) is 0.805. The van der Waals surface area contributed by atoms with E-state index < -0.39 is 0 Å². The topological polar surface area (TPSA) is 42.0 Å². The number of benzene rings is 2. The van der Waals surface area contributed by atoms with Gasteiger partial charge < -0.3 is 19.3 Å². The minimum absolute atomic E-state index is 0.121. The summed E-state index contributed by atoms with van der Waals surface area (Å²) in [5, 5.41) is 0.748. The minimum atomic E-state index is 0.121. The van der Waals surface area contributed by atoms with Gasteiger partial charge in [0.2, 0.25) is 5.91 Å². The van der Waals surface area contributed by atoms with Crippen molar-refractivity contribution in [1.29, 1.82) is 0 Å². The van der Waals surface area contributed by atoms with Gasteiger partial charge in [-0.05, 0) is 29.8 Å². The molecule has 3 rings (SSSR count). The van der Waals surface area contributed by atoms with Crippen molar-refractivity contribution in [2.24, 2.45) is 0 Å². The lowest BCUT2D eigenvalue weighted by atomic mass is 10.1. The third-order valence-electron chi connectivity index (χ3n) is 4.63. The minimum Gasteiger partial charge on any atom is -0.493 e. The Labute approximate surface area is 159 Å². The first-order valence-electron chi connectivity index (χ1n) is 8.60. The molecule has 0 spiro atoms. The van der Waals surface area contributed by atoms with Gasteiger partial charge in [-0.3, -0.25) is 4.79 Å². The Bertz CT molecular complexity index is 773. The maximum atomic E-state index is 12.6. The molecule has 2 aromatic carbocycles. The number of halogens is 1. The van der Waals surface area contributed by atoms with Gasteiger partial charge in [0.1, 0.15) is 0 Å². The molecule has 26 heavy (non-hydrogen) atoms. The summed E-state index contributed by atoms with van der Waals surface area (Å²) in [6.07, 6.45) is 0.354. The Morgan fingerprint density at radius 3 is 2.35 bits per heavy atom. The molecule has 0 unspecified atom stereocenters. The van der Waals surface area contributed by atoms with Crippen molar-refractivity contribution in [2.45, 2.75) is 6.42 Å². The van der Waals surface area contributed by atoms with E-state index in [0.29, 0.717) is 31.0 Å². The molecule has 1 aliphatic rings. The van der Waals surface area contributed by atoms with Crippen molar-refractivity contribution in [3.63, 3.8) is 0 Å². The highest BCUT2D eigenvalue weighted by molar-refractivity contribution is 6.33. The molecule has 2 aromatic rings. The van der Waals surface area contributed by atoms with E-state index in [1.165, 1.54) is 0 Å². The Balaban J connectivity index is 1.60. The van der Waals surface area contributed by atoms with Gasteiger partial charge in [0.25, 0.3) is 0 Å². The van der Waals surface area contributed by atoms with Gasteiger partial charge in [-0.25, -0.2) is 0 Å².